The number of nitrogens with zero attached hydrogens (tertiary/aromatic N) is 1. The van der Waals surface area contributed by atoms with Crippen LogP contribution in [0.25, 0.3) is 0 Å². The number of nitrogens with one attached hydrogen (secondary N) is 1. The first-order chi connectivity index (χ1) is 7.95. The summed E-state index contributed by atoms with van der Waals surface area (Å²) in [5.41, 5.74) is 0. The third kappa shape index (κ3) is 3.36. The Hall–Kier alpha value is -1.74. The number of likely N-dealkylation sites (tertiary alicyclic amines) is 1. The van der Waals surface area contributed by atoms with Crippen molar-refractivity contribution in [2.24, 2.45) is 0 Å². The van der Waals surface area contributed by atoms with Gasteiger partial charge in [-0.1, -0.05) is 0 Å². The first kappa shape index (κ1) is 13.3. The smallest absolute Gasteiger partial charge is 0.326 e. The average Bonchev–Trinajstić information content (AvgIpc) is 2.60. The van der Waals surface area contributed by atoms with Gasteiger partial charge in [0.15, 0.2) is 0 Å². The number of β-amino-alcohol motifs (C(OH)–C–C–N with tert-alkyl or cyclic N) is 1. The quantitative estimate of drug-likeness (QED) is 0.587. The Kier molecular flexibility index (Phi) is 4.35. The standard InChI is InChI=1S/C11H16N2O4/c1-3-4-7(2)12-11(17)13-6-8(14)5-9(13)10(15)16/h1,7-9,14H,4-6H2,2H3,(H,12,17)(H,15,16)/t7?,8-,9-/m0/s1. The maximum Gasteiger partial charge on any atom is 0.326 e. The Bertz CT molecular complexity index is 350. The second-order valence-corrected chi connectivity index (χ2v) is 4.15. The highest BCUT2D eigenvalue weighted by molar-refractivity contribution is 5.83. The van der Waals surface area contributed by atoms with E-state index in [0.29, 0.717) is 6.42 Å². The number of aliphatic hydroxyl groups excluding tert-OH is 1. The van der Waals surface area contributed by atoms with Gasteiger partial charge in [0.25, 0.3) is 0 Å². The van der Waals surface area contributed by atoms with Crippen molar-refractivity contribution in [3.63, 3.8) is 0 Å². The van der Waals surface area contributed by atoms with Crippen molar-refractivity contribution in [2.45, 2.75) is 38.0 Å². The fourth-order valence-electron chi connectivity index (χ4n) is 1.79. The molecule has 1 aliphatic heterocycles. The summed E-state index contributed by atoms with van der Waals surface area (Å²) in [6.45, 7) is 1.77. The molecule has 0 spiro atoms. The Balaban J connectivity index is 2.62. The lowest BCUT2D eigenvalue weighted by Crippen LogP contribution is -2.48. The van der Waals surface area contributed by atoms with E-state index < -0.39 is 24.1 Å². The molecule has 6 heteroatoms. The van der Waals surface area contributed by atoms with E-state index in [4.69, 9.17) is 11.5 Å². The monoisotopic (exact) mass is 240 g/mol. The average molecular weight is 240 g/mol. The fraction of sp³-hybridized carbons (Fsp3) is 0.636. The zero-order chi connectivity index (χ0) is 13.0. The minimum atomic E-state index is -1.11. The normalized spacial score (nSPS) is 25.1. The molecule has 1 rings (SSSR count). The van der Waals surface area contributed by atoms with Crippen LogP contribution in [0.5, 0.6) is 0 Å². The molecule has 2 amide bonds. The SMILES string of the molecule is C#CCC(C)NC(=O)N1C[C@@H](O)C[C@H]1C(=O)O. The van der Waals surface area contributed by atoms with Gasteiger partial charge >= 0.3 is 12.0 Å². The summed E-state index contributed by atoms with van der Waals surface area (Å²) in [5.74, 6) is 1.30. The van der Waals surface area contributed by atoms with Crippen LogP contribution in [0.15, 0.2) is 0 Å². The number of carboxylic acids is 1. The number of rotatable bonds is 3. The van der Waals surface area contributed by atoms with E-state index in [2.05, 4.69) is 11.2 Å². The number of urea groups is 1. The molecule has 1 saturated heterocycles. The Morgan fingerprint density at radius 1 is 1.65 bits per heavy atom. The van der Waals surface area contributed by atoms with Gasteiger partial charge in [-0.05, 0) is 6.92 Å². The molecule has 3 atom stereocenters. The first-order valence-corrected chi connectivity index (χ1v) is 5.37. The van der Waals surface area contributed by atoms with Crippen molar-refractivity contribution in [3.8, 4) is 12.3 Å². The molecule has 3 N–H and O–H groups in total. The van der Waals surface area contributed by atoms with Gasteiger partial charge in [-0.25, -0.2) is 9.59 Å². The molecule has 17 heavy (non-hydrogen) atoms. The van der Waals surface area contributed by atoms with Crippen LogP contribution in [0, 0.1) is 12.3 Å². The summed E-state index contributed by atoms with van der Waals surface area (Å²) >= 11 is 0. The van der Waals surface area contributed by atoms with Crippen molar-refractivity contribution in [3.05, 3.63) is 0 Å². The number of hydrogen-bond acceptors (Lipinski definition) is 3. The van der Waals surface area contributed by atoms with Crippen molar-refractivity contribution in [1.29, 1.82) is 0 Å². The lowest BCUT2D eigenvalue weighted by atomic mass is 10.2. The van der Waals surface area contributed by atoms with Crippen LogP contribution in [-0.4, -0.2) is 51.8 Å². The Morgan fingerprint density at radius 2 is 2.29 bits per heavy atom. The molecule has 0 bridgehead atoms. The van der Waals surface area contributed by atoms with Gasteiger partial charge < -0.3 is 20.4 Å². The van der Waals surface area contributed by atoms with E-state index in [-0.39, 0.29) is 19.0 Å². The molecule has 1 heterocycles. The zero-order valence-corrected chi connectivity index (χ0v) is 9.59. The van der Waals surface area contributed by atoms with Crippen LogP contribution in [0.1, 0.15) is 19.8 Å². The van der Waals surface area contributed by atoms with Crippen LogP contribution in [-0.2, 0) is 4.79 Å². The molecule has 1 unspecified atom stereocenters. The first-order valence-electron chi connectivity index (χ1n) is 5.37. The second kappa shape index (κ2) is 5.55. The van der Waals surface area contributed by atoms with Crippen LogP contribution in [0.3, 0.4) is 0 Å². The highest BCUT2D eigenvalue weighted by Gasteiger charge is 2.39. The van der Waals surface area contributed by atoms with Gasteiger partial charge in [0.2, 0.25) is 0 Å². The van der Waals surface area contributed by atoms with Gasteiger partial charge in [0.1, 0.15) is 6.04 Å². The second-order valence-electron chi connectivity index (χ2n) is 4.15. The summed E-state index contributed by atoms with van der Waals surface area (Å²) in [7, 11) is 0. The minimum absolute atomic E-state index is 0.0333. The van der Waals surface area contributed by atoms with E-state index in [9.17, 15) is 14.7 Å². The van der Waals surface area contributed by atoms with Crippen LogP contribution < -0.4 is 5.32 Å². The van der Waals surface area contributed by atoms with Gasteiger partial charge in [0.05, 0.1) is 6.10 Å². The molecule has 0 aromatic heterocycles. The number of carboxylic acid groups (broad SMARTS) is 1. The number of aliphatic hydroxyl groups is 1. The number of amides is 2. The van der Waals surface area contributed by atoms with E-state index >= 15 is 0 Å². The van der Waals surface area contributed by atoms with Crippen LogP contribution >= 0.6 is 0 Å². The highest BCUT2D eigenvalue weighted by atomic mass is 16.4. The van der Waals surface area contributed by atoms with Gasteiger partial charge in [0, 0.05) is 25.4 Å². The predicted molar refractivity (Wildman–Crippen MR) is 60.2 cm³/mol. The highest BCUT2D eigenvalue weighted by Crippen LogP contribution is 2.18. The van der Waals surface area contributed by atoms with E-state index in [1.54, 1.807) is 6.92 Å². The summed E-state index contributed by atoms with van der Waals surface area (Å²) in [6.07, 6.45) is 4.76. The molecular formula is C11H16N2O4. The molecule has 1 fully saturated rings. The van der Waals surface area contributed by atoms with E-state index in [1.807, 2.05) is 0 Å². The van der Waals surface area contributed by atoms with Gasteiger partial charge in [-0.15, -0.1) is 12.3 Å². The number of hydrogen-bond donors (Lipinski definition) is 3. The molecule has 1 aliphatic rings. The molecule has 0 radical (unpaired) electrons. The Labute approximate surface area is 99.6 Å². The van der Waals surface area contributed by atoms with Crippen molar-refractivity contribution >= 4 is 12.0 Å². The molecular weight excluding hydrogens is 224 g/mol. The molecule has 0 saturated carbocycles. The summed E-state index contributed by atoms with van der Waals surface area (Å²) < 4.78 is 0. The third-order valence-electron chi connectivity index (χ3n) is 2.62. The number of carbonyl (C=O) groups excluding carboxylic acids is 1. The van der Waals surface area contributed by atoms with Crippen LogP contribution in [0.4, 0.5) is 4.79 Å². The third-order valence-corrected chi connectivity index (χ3v) is 2.62. The topological polar surface area (TPSA) is 89.9 Å². The Morgan fingerprint density at radius 3 is 2.82 bits per heavy atom. The zero-order valence-electron chi connectivity index (χ0n) is 9.59. The van der Waals surface area contributed by atoms with Crippen molar-refractivity contribution < 1.29 is 19.8 Å². The molecule has 0 aromatic carbocycles. The molecule has 0 aliphatic carbocycles. The largest absolute Gasteiger partial charge is 0.480 e. The summed E-state index contributed by atoms with van der Waals surface area (Å²) in [4.78, 5) is 23.8. The van der Waals surface area contributed by atoms with Gasteiger partial charge in [-0.2, -0.15) is 0 Å². The molecule has 0 aromatic rings. The number of carbonyl (C=O) groups is 2. The van der Waals surface area contributed by atoms with Crippen LogP contribution in [0.2, 0.25) is 0 Å². The van der Waals surface area contributed by atoms with E-state index in [0.717, 1.165) is 4.90 Å². The molecule has 6 nitrogen and oxygen atoms in total. The minimum Gasteiger partial charge on any atom is -0.480 e. The summed E-state index contributed by atoms with van der Waals surface area (Å²) in [5, 5.41) is 20.9. The maximum atomic E-state index is 11.8. The summed E-state index contributed by atoms with van der Waals surface area (Å²) in [6, 6.07) is -1.69. The number of terminal acetylenes is 1. The lowest BCUT2D eigenvalue weighted by Gasteiger charge is -2.23. The number of aliphatic carboxylic acids is 1. The van der Waals surface area contributed by atoms with Crippen molar-refractivity contribution in [2.75, 3.05) is 6.54 Å². The van der Waals surface area contributed by atoms with Gasteiger partial charge in [-0.3, -0.25) is 0 Å². The lowest BCUT2D eigenvalue weighted by molar-refractivity contribution is -0.141. The van der Waals surface area contributed by atoms with Crippen molar-refractivity contribution in [1.82, 2.24) is 10.2 Å². The maximum absolute atomic E-state index is 11.8. The molecule has 94 valence electrons. The fourth-order valence-corrected chi connectivity index (χ4v) is 1.79. The predicted octanol–water partition coefficient (Wildman–Crippen LogP) is -0.372. The van der Waals surface area contributed by atoms with E-state index in [1.165, 1.54) is 0 Å².